The zero-order chi connectivity index (χ0) is 22.0. The number of primary sulfonamides is 1. The number of nitrogens with zero attached hydrogens (tertiary/aromatic N) is 3. The number of rotatable bonds is 7. The second-order valence-corrected chi connectivity index (χ2v) is 10.1. The van der Waals surface area contributed by atoms with Crippen LogP contribution in [0, 0.1) is 5.82 Å². The normalized spacial score (nSPS) is 17.2. The van der Waals surface area contributed by atoms with Crippen molar-refractivity contribution in [2.45, 2.75) is 30.3 Å². The lowest BCUT2D eigenvalue weighted by molar-refractivity contribution is 0.326. The highest BCUT2D eigenvalue weighted by atomic mass is 32.2. The molecule has 1 saturated heterocycles. The number of likely N-dealkylation sites (tertiary alicyclic amines) is 1. The third-order valence-electron chi connectivity index (χ3n) is 5.72. The first kappa shape index (κ1) is 21.9. The minimum Gasteiger partial charge on any atom is -0.370 e. The smallest absolute Gasteiger partial charge is 0.240 e. The van der Waals surface area contributed by atoms with Gasteiger partial charge in [-0.05, 0) is 29.7 Å². The summed E-state index contributed by atoms with van der Waals surface area (Å²) in [4.78, 5) is 8.26. The van der Waals surface area contributed by atoms with Crippen LogP contribution in [0.1, 0.15) is 23.2 Å². The van der Waals surface area contributed by atoms with Crippen molar-refractivity contribution in [3.8, 4) is 0 Å². The molecule has 0 aliphatic carbocycles. The van der Waals surface area contributed by atoms with Crippen molar-refractivity contribution in [1.29, 1.82) is 0 Å². The standard InChI is InChI=1S/C22H25FN4O2S2/c1-26(19-7-8-27(13-19)12-16-5-3-2-4-6-16)21-11-20(23)22(31(24,28)29)10-17(21)9-18-14-30-15-25-18/h2-6,10-11,14-15,19H,7-9,12-13H2,1H3,(H2,24,28,29)/t19-/m0/s1. The van der Waals surface area contributed by atoms with Crippen LogP contribution in [0.15, 0.2) is 58.3 Å². The van der Waals surface area contributed by atoms with Gasteiger partial charge in [-0.1, -0.05) is 30.3 Å². The van der Waals surface area contributed by atoms with Crippen molar-refractivity contribution in [1.82, 2.24) is 9.88 Å². The second kappa shape index (κ2) is 9.04. The predicted octanol–water partition coefficient (Wildman–Crippen LogP) is 3.23. The zero-order valence-corrected chi connectivity index (χ0v) is 18.9. The number of likely N-dealkylation sites (N-methyl/N-ethyl adjacent to an activating group) is 1. The molecule has 0 radical (unpaired) electrons. The molecular formula is C22H25FN4O2S2. The Kier molecular flexibility index (Phi) is 6.38. The molecule has 1 fully saturated rings. The fourth-order valence-electron chi connectivity index (χ4n) is 4.10. The Hall–Kier alpha value is -2.33. The molecule has 9 heteroatoms. The summed E-state index contributed by atoms with van der Waals surface area (Å²) in [5, 5.41) is 7.14. The summed E-state index contributed by atoms with van der Waals surface area (Å²) in [5.41, 5.74) is 5.16. The summed E-state index contributed by atoms with van der Waals surface area (Å²) < 4.78 is 38.4. The second-order valence-electron chi connectivity index (χ2n) is 7.89. The highest BCUT2D eigenvalue weighted by Gasteiger charge is 2.28. The Labute approximate surface area is 186 Å². The van der Waals surface area contributed by atoms with Gasteiger partial charge in [0.05, 0.1) is 11.2 Å². The minimum atomic E-state index is -4.16. The van der Waals surface area contributed by atoms with Crippen LogP contribution in [0.5, 0.6) is 0 Å². The van der Waals surface area contributed by atoms with Crippen LogP contribution in [-0.2, 0) is 23.0 Å². The number of sulfonamides is 1. The summed E-state index contributed by atoms with van der Waals surface area (Å²) in [7, 11) is -2.22. The Bertz CT molecular complexity index is 1140. The third-order valence-corrected chi connectivity index (χ3v) is 7.28. The first-order valence-electron chi connectivity index (χ1n) is 10.0. The first-order valence-corrected chi connectivity index (χ1v) is 12.5. The van der Waals surface area contributed by atoms with Gasteiger partial charge in [0.2, 0.25) is 10.0 Å². The zero-order valence-electron chi connectivity index (χ0n) is 17.2. The van der Waals surface area contributed by atoms with Crippen LogP contribution in [-0.4, -0.2) is 44.5 Å². The quantitative estimate of drug-likeness (QED) is 0.586. The molecule has 31 heavy (non-hydrogen) atoms. The number of halogens is 1. The van der Waals surface area contributed by atoms with Crippen LogP contribution >= 0.6 is 11.3 Å². The molecule has 0 amide bonds. The highest BCUT2D eigenvalue weighted by molar-refractivity contribution is 7.89. The average Bonchev–Trinajstić information content (AvgIpc) is 3.40. The molecule has 2 N–H and O–H groups in total. The molecular weight excluding hydrogens is 435 g/mol. The summed E-state index contributed by atoms with van der Waals surface area (Å²) in [6, 6.07) is 13.2. The number of hydrogen-bond acceptors (Lipinski definition) is 6. The lowest BCUT2D eigenvalue weighted by atomic mass is 10.1. The van der Waals surface area contributed by atoms with E-state index < -0.39 is 20.7 Å². The molecule has 0 unspecified atom stereocenters. The molecule has 1 aromatic heterocycles. The number of aromatic nitrogens is 1. The largest absolute Gasteiger partial charge is 0.370 e. The molecule has 164 valence electrons. The van der Waals surface area contributed by atoms with E-state index in [0.29, 0.717) is 17.7 Å². The molecule has 0 spiro atoms. The maximum Gasteiger partial charge on any atom is 0.240 e. The van der Waals surface area contributed by atoms with Gasteiger partial charge in [0.1, 0.15) is 10.7 Å². The molecule has 0 saturated carbocycles. The van der Waals surface area contributed by atoms with Crippen LogP contribution in [0.3, 0.4) is 0 Å². The van der Waals surface area contributed by atoms with E-state index in [1.165, 1.54) is 29.0 Å². The van der Waals surface area contributed by atoms with Gasteiger partial charge in [0.25, 0.3) is 0 Å². The van der Waals surface area contributed by atoms with Crippen molar-refractivity contribution in [2.75, 3.05) is 25.0 Å². The maximum atomic E-state index is 14.7. The van der Waals surface area contributed by atoms with Gasteiger partial charge < -0.3 is 4.90 Å². The molecule has 4 rings (SSSR count). The van der Waals surface area contributed by atoms with Crippen molar-refractivity contribution < 1.29 is 12.8 Å². The minimum absolute atomic E-state index is 0.192. The van der Waals surface area contributed by atoms with Gasteiger partial charge in [-0.15, -0.1) is 11.3 Å². The van der Waals surface area contributed by atoms with E-state index in [1.807, 2.05) is 30.6 Å². The van der Waals surface area contributed by atoms with Gasteiger partial charge >= 0.3 is 0 Å². The van der Waals surface area contributed by atoms with E-state index in [2.05, 4.69) is 26.9 Å². The van der Waals surface area contributed by atoms with Crippen LogP contribution in [0.4, 0.5) is 10.1 Å². The molecule has 3 aromatic rings. The fraction of sp³-hybridized carbons (Fsp3) is 0.318. The molecule has 2 heterocycles. The number of nitrogens with two attached hydrogens (primary N) is 1. The highest BCUT2D eigenvalue weighted by Crippen LogP contribution is 2.31. The van der Waals surface area contributed by atoms with E-state index in [0.717, 1.165) is 31.7 Å². The van der Waals surface area contributed by atoms with E-state index in [4.69, 9.17) is 5.14 Å². The molecule has 1 aliphatic heterocycles. The summed E-state index contributed by atoms with van der Waals surface area (Å²) in [5.74, 6) is -0.828. The number of anilines is 1. The van der Waals surface area contributed by atoms with Crippen LogP contribution in [0.2, 0.25) is 0 Å². The van der Waals surface area contributed by atoms with Gasteiger partial charge in [-0.25, -0.2) is 22.9 Å². The van der Waals surface area contributed by atoms with E-state index >= 15 is 0 Å². The lowest BCUT2D eigenvalue weighted by Crippen LogP contribution is -2.35. The Morgan fingerprint density at radius 1 is 1.29 bits per heavy atom. The molecule has 1 aliphatic rings. The Morgan fingerprint density at radius 3 is 2.74 bits per heavy atom. The van der Waals surface area contributed by atoms with Gasteiger partial charge in [0, 0.05) is 50.2 Å². The van der Waals surface area contributed by atoms with Crippen LogP contribution in [0.25, 0.3) is 0 Å². The van der Waals surface area contributed by atoms with E-state index in [1.54, 1.807) is 5.51 Å². The summed E-state index contributed by atoms with van der Waals surface area (Å²) in [6.45, 7) is 2.67. The number of thiazole rings is 1. The molecule has 6 nitrogen and oxygen atoms in total. The third kappa shape index (κ3) is 5.12. The Morgan fingerprint density at radius 2 is 2.06 bits per heavy atom. The van der Waals surface area contributed by atoms with Gasteiger partial charge in [-0.3, -0.25) is 4.90 Å². The predicted molar refractivity (Wildman–Crippen MR) is 121 cm³/mol. The van der Waals surface area contributed by atoms with Crippen molar-refractivity contribution in [3.63, 3.8) is 0 Å². The monoisotopic (exact) mass is 460 g/mol. The van der Waals surface area contributed by atoms with Crippen molar-refractivity contribution in [2.24, 2.45) is 5.14 Å². The maximum absolute atomic E-state index is 14.7. The fourth-order valence-corrected chi connectivity index (χ4v) is 5.30. The van der Waals surface area contributed by atoms with Gasteiger partial charge in [0.15, 0.2) is 0 Å². The molecule has 1 atom stereocenters. The number of hydrogen-bond donors (Lipinski definition) is 1. The van der Waals surface area contributed by atoms with E-state index in [-0.39, 0.29) is 6.04 Å². The Balaban J connectivity index is 1.59. The van der Waals surface area contributed by atoms with Crippen molar-refractivity contribution in [3.05, 3.63) is 76.0 Å². The molecule has 2 aromatic carbocycles. The lowest BCUT2D eigenvalue weighted by Gasteiger charge is -2.29. The molecule has 0 bridgehead atoms. The van der Waals surface area contributed by atoms with Gasteiger partial charge in [-0.2, -0.15) is 0 Å². The summed E-state index contributed by atoms with van der Waals surface area (Å²) in [6.07, 6.45) is 1.35. The van der Waals surface area contributed by atoms with Crippen LogP contribution < -0.4 is 10.0 Å². The topological polar surface area (TPSA) is 79.5 Å². The van der Waals surface area contributed by atoms with E-state index in [9.17, 15) is 12.8 Å². The average molecular weight is 461 g/mol. The summed E-state index contributed by atoms with van der Waals surface area (Å²) >= 11 is 1.46. The number of benzene rings is 2. The SMILES string of the molecule is CN(c1cc(F)c(S(N)(=O)=O)cc1Cc1cscn1)[C@H]1CCN(Cc2ccccc2)C1. The van der Waals surface area contributed by atoms with Crippen molar-refractivity contribution >= 4 is 27.0 Å². The first-order chi connectivity index (χ1) is 14.8.